The Labute approximate surface area is 184 Å². The average Bonchev–Trinajstić information content (AvgIpc) is 3.07. The maximum atomic E-state index is 6.24. The number of aromatic nitrogens is 3. The third-order valence-corrected chi connectivity index (χ3v) is 6.04. The summed E-state index contributed by atoms with van der Waals surface area (Å²) in [5, 5.41) is 11.5. The molecule has 0 aliphatic carbocycles. The SMILES string of the molecule is CCn1c(CCCOc2ccc(Cl)cc2Cl)nnc1SCc1ccccc1Cl. The van der Waals surface area contributed by atoms with E-state index in [1.54, 1.807) is 30.0 Å². The molecule has 28 heavy (non-hydrogen) atoms. The van der Waals surface area contributed by atoms with Gasteiger partial charge in [0.2, 0.25) is 0 Å². The van der Waals surface area contributed by atoms with Crippen molar-refractivity contribution in [2.45, 2.75) is 37.2 Å². The van der Waals surface area contributed by atoms with E-state index < -0.39 is 0 Å². The Kier molecular flexibility index (Phi) is 7.91. The van der Waals surface area contributed by atoms with E-state index >= 15 is 0 Å². The Morgan fingerprint density at radius 2 is 1.86 bits per heavy atom. The van der Waals surface area contributed by atoms with E-state index in [0.717, 1.165) is 46.7 Å². The van der Waals surface area contributed by atoms with Crippen LogP contribution in [0.2, 0.25) is 15.1 Å². The lowest BCUT2D eigenvalue weighted by atomic mass is 10.2. The molecule has 0 unspecified atom stereocenters. The van der Waals surface area contributed by atoms with Crippen molar-refractivity contribution in [1.82, 2.24) is 14.8 Å². The number of thioether (sulfide) groups is 1. The van der Waals surface area contributed by atoms with E-state index in [1.165, 1.54) is 0 Å². The monoisotopic (exact) mass is 455 g/mol. The average molecular weight is 457 g/mol. The molecule has 1 aromatic heterocycles. The highest BCUT2D eigenvalue weighted by Crippen LogP contribution is 2.28. The summed E-state index contributed by atoms with van der Waals surface area (Å²) in [5.41, 5.74) is 1.09. The maximum Gasteiger partial charge on any atom is 0.191 e. The van der Waals surface area contributed by atoms with E-state index in [2.05, 4.69) is 21.7 Å². The van der Waals surface area contributed by atoms with Crippen molar-refractivity contribution in [2.24, 2.45) is 0 Å². The molecule has 3 aromatic rings. The zero-order valence-electron chi connectivity index (χ0n) is 15.4. The molecular weight excluding hydrogens is 437 g/mol. The first kappa shape index (κ1) is 21.3. The van der Waals surface area contributed by atoms with E-state index in [9.17, 15) is 0 Å². The predicted molar refractivity (Wildman–Crippen MR) is 117 cm³/mol. The highest BCUT2D eigenvalue weighted by molar-refractivity contribution is 7.98. The second kappa shape index (κ2) is 10.4. The highest BCUT2D eigenvalue weighted by Gasteiger charge is 2.12. The van der Waals surface area contributed by atoms with Crippen molar-refractivity contribution in [1.29, 1.82) is 0 Å². The van der Waals surface area contributed by atoms with Crippen molar-refractivity contribution < 1.29 is 4.74 Å². The van der Waals surface area contributed by atoms with Crippen molar-refractivity contribution in [3.05, 3.63) is 68.9 Å². The lowest BCUT2D eigenvalue weighted by Crippen LogP contribution is -2.06. The number of halogens is 3. The first-order chi connectivity index (χ1) is 13.6. The lowest BCUT2D eigenvalue weighted by molar-refractivity contribution is 0.309. The standard InChI is InChI=1S/C20H20Cl3N3OS/c1-2-26-19(8-5-11-27-18-10-9-15(21)12-17(18)23)24-25-20(26)28-13-14-6-3-4-7-16(14)22/h3-4,6-7,9-10,12H,2,5,8,11,13H2,1H3. The molecule has 2 aromatic carbocycles. The smallest absolute Gasteiger partial charge is 0.191 e. The molecule has 0 radical (unpaired) electrons. The van der Waals surface area contributed by atoms with Crippen molar-refractivity contribution in [3.63, 3.8) is 0 Å². The van der Waals surface area contributed by atoms with Crippen LogP contribution in [0.15, 0.2) is 47.6 Å². The fraction of sp³-hybridized carbons (Fsp3) is 0.300. The molecule has 0 bridgehead atoms. The Bertz CT molecular complexity index is 933. The van der Waals surface area contributed by atoms with Gasteiger partial charge in [0.1, 0.15) is 11.6 Å². The first-order valence-electron chi connectivity index (χ1n) is 8.94. The van der Waals surface area contributed by atoms with Crippen molar-refractivity contribution in [2.75, 3.05) is 6.61 Å². The molecule has 0 N–H and O–H groups in total. The van der Waals surface area contributed by atoms with Gasteiger partial charge in [-0.2, -0.15) is 0 Å². The van der Waals surface area contributed by atoms with Gasteiger partial charge >= 0.3 is 0 Å². The Balaban J connectivity index is 1.54. The highest BCUT2D eigenvalue weighted by atomic mass is 35.5. The summed E-state index contributed by atoms with van der Waals surface area (Å²) in [5.74, 6) is 2.35. The number of hydrogen-bond acceptors (Lipinski definition) is 4. The topological polar surface area (TPSA) is 39.9 Å². The van der Waals surface area contributed by atoms with Crippen LogP contribution in [0.25, 0.3) is 0 Å². The van der Waals surface area contributed by atoms with Crippen LogP contribution in [-0.4, -0.2) is 21.4 Å². The number of hydrogen-bond donors (Lipinski definition) is 0. The first-order valence-corrected chi connectivity index (χ1v) is 11.1. The minimum Gasteiger partial charge on any atom is -0.492 e. The summed E-state index contributed by atoms with van der Waals surface area (Å²) in [6.07, 6.45) is 1.59. The van der Waals surface area contributed by atoms with Gasteiger partial charge in [0.15, 0.2) is 5.16 Å². The second-order valence-corrected chi connectivity index (χ2v) is 8.24. The molecule has 1 heterocycles. The molecule has 0 atom stereocenters. The Morgan fingerprint density at radius 1 is 1.04 bits per heavy atom. The molecule has 0 amide bonds. The van der Waals surface area contributed by atoms with Crippen LogP contribution in [-0.2, 0) is 18.7 Å². The van der Waals surface area contributed by atoms with Crippen LogP contribution < -0.4 is 4.74 Å². The summed E-state index contributed by atoms with van der Waals surface area (Å²) in [4.78, 5) is 0. The van der Waals surface area contributed by atoms with Gasteiger partial charge in [-0.3, -0.25) is 0 Å². The van der Waals surface area contributed by atoms with E-state index in [-0.39, 0.29) is 0 Å². The third-order valence-electron chi connectivity index (χ3n) is 4.12. The van der Waals surface area contributed by atoms with Crippen molar-refractivity contribution in [3.8, 4) is 5.75 Å². The third kappa shape index (κ3) is 5.57. The van der Waals surface area contributed by atoms with Gasteiger partial charge in [-0.05, 0) is 43.2 Å². The van der Waals surface area contributed by atoms with E-state index in [4.69, 9.17) is 39.5 Å². The van der Waals surface area contributed by atoms with Gasteiger partial charge in [0.05, 0.1) is 11.6 Å². The van der Waals surface area contributed by atoms with Gasteiger partial charge in [0, 0.05) is 28.8 Å². The van der Waals surface area contributed by atoms with Gasteiger partial charge in [-0.25, -0.2) is 0 Å². The molecule has 8 heteroatoms. The van der Waals surface area contributed by atoms with Crippen LogP contribution in [0, 0.1) is 0 Å². The summed E-state index contributed by atoms with van der Waals surface area (Å²) in [7, 11) is 0. The number of aryl methyl sites for hydroxylation is 1. The number of ether oxygens (including phenoxy) is 1. The van der Waals surface area contributed by atoms with E-state index in [1.807, 2.05) is 24.3 Å². The largest absolute Gasteiger partial charge is 0.492 e. The van der Waals surface area contributed by atoms with Crippen LogP contribution in [0.1, 0.15) is 24.7 Å². The predicted octanol–water partition coefficient (Wildman–Crippen LogP) is 6.56. The number of rotatable bonds is 9. The van der Waals surface area contributed by atoms with E-state index in [0.29, 0.717) is 22.4 Å². The normalized spacial score (nSPS) is 11.0. The molecule has 0 spiro atoms. The Morgan fingerprint density at radius 3 is 2.61 bits per heavy atom. The Hall–Kier alpha value is -1.40. The van der Waals surface area contributed by atoms with Crippen LogP contribution in [0.3, 0.4) is 0 Å². The molecule has 0 fully saturated rings. The van der Waals surface area contributed by atoms with Gasteiger partial charge < -0.3 is 9.30 Å². The maximum absolute atomic E-state index is 6.24. The fourth-order valence-corrected chi connectivity index (χ4v) is 4.46. The van der Waals surface area contributed by atoms with Crippen LogP contribution in [0.5, 0.6) is 5.75 Å². The summed E-state index contributed by atoms with van der Waals surface area (Å²) >= 11 is 19.9. The van der Waals surface area contributed by atoms with Gasteiger partial charge in [-0.1, -0.05) is 64.8 Å². The molecule has 148 valence electrons. The summed E-state index contributed by atoms with van der Waals surface area (Å²) in [6.45, 7) is 3.45. The fourth-order valence-electron chi connectivity index (χ4n) is 2.69. The summed E-state index contributed by atoms with van der Waals surface area (Å²) in [6, 6.07) is 13.1. The molecule has 0 saturated heterocycles. The molecule has 4 nitrogen and oxygen atoms in total. The number of nitrogens with zero attached hydrogens (tertiary/aromatic N) is 3. The lowest BCUT2D eigenvalue weighted by Gasteiger charge is -2.09. The molecule has 0 aliphatic heterocycles. The minimum atomic E-state index is 0.516. The molecule has 3 rings (SSSR count). The van der Waals surface area contributed by atoms with Crippen LogP contribution in [0.4, 0.5) is 0 Å². The van der Waals surface area contributed by atoms with Gasteiger partial charge in [-0.15, -0.1) is 10.2 Å². The second-order valence-electron chi connectivity index (χ2n) is 6.05. The minimum absolute atomic E-state index is 0.516. The molecular formula is C20H20Cl3N3OS. The van der Waals surface area contributed by atoms with Gasteiger partial charge in [0.25, 0.3) is 0 Å². The number of benzene rings is 2. The zero-order valence-corrected chi connectivity index (χ0v) is 18.5. The quantitative estimate of drug-likeness (QED) is 0.270. The summed E-state index contributed by atoms with van der Waals surface area (Å²) < 4.78 is 7.88. The molecule has 0 aliphatic rings. The zero-order chi connectivity index (χ0) is 19.9. The van der Waals surface area contributed by atoms with Crippen LogP contribution >= 0.6 is 46.6 Å². The van der Waals surface area contributed by atoms with Crippen molar-refractivity contribution >= 4 is 46.6 Å². The molecule has 0 saturated carbocycles.